The van der Waals surface area contributed by atoms with E-state index in [4.69, 9.17) is 20.5 Å². The van der Waals surface area contributed by atoms with Crippen LogP contribution in [0.1, 0.15) is 44.1 Å². The maximum absolute atomic E-state index is 12.7. The number of carbonyl (C=O) groups excluding carboxylic acids is 1. The summed E-state index contributed by atoms with van der Waals surface area (Å²) >= 11 is 8.11. The second kappa shape index (κ2) is 10.3. The zero-order valence-corrected chi connectivity index (χ0v) is 24.4. The van der Waals surface area contributed by atoms with Crippen molar-refractivity contribution in [3.05, 3.63) is 45.9 Å². The molecule has 0 N–H and O–H groups in total. The van der Waals surface area contributed by atoms with Crippen molar-refractivity contribution in [1.29, 1.82) is 0 Å². The molecule has 0 unspecified atom stereocenters. The van der Waals surface area contributed by atoms with Crippen molar-refractivity contribution >= 4 is 55.1 Å². The van der Waals surface area contributed by atoms with Crippen molar-refractivity contribution in [3.63, 3.8) is 0 Å². The van der Waals surface area contributed by atoms with Crippen molar-refractivity contribution in [2.24, 2.45) is 0 Å². The first-order valence-corrected chi connectivity index (χ1v) is 15.7. The number of fused-ring (bicyclic) bond motifs is 2. The maximum atomic E-state index is 12.7. The van der Waals surface area contributed by atoms with E-state index in [2.05, 4.69) is 9.88 Å². The van der Waals surface area contributed by atoms with Gasteiger partial charge in [-0.05, 0) is 69.9 Å². The molecule has 1 amide bonds. The summed E-state index contributed by atoms with van der Waals surface area (Å²) in [6.45, 7) is 7.77. The first kappa shape index (κ1) is 27.2. The molecule has 11 heteroatoms. The Morgan fingerprint density at radius 3 is 2.74 bits per heavy atom. The number of anilines is 1. The summed E-state index contributed by atoms with van der Waals surface area (Å²) in [5, 5.41) is 0.671. The summed E-state index contributed by atoms with van der Waals surface area (Å²) in [4.78, 5) is 22.3. The molecule has 204 valence electrons. The summed E-state index contributed by atoms with van der Waals surface area (Å²) in [7, 11) is -3.55. The van der Waals surface area contributed by atoms with Crippen LogP contribution in [0.25, 0.3) is 21.3 Å². The van der Waals surface area contributed by atoms with Gasteiger partial charge in [0.2, 0.25) is 0 Å². The number of nitrogens with zero attached hydrogens (tertiary/aromatic N) is 3. The second-order valence-corrected chi connectivity index (χ2v) is 14.1. The highest BCUT2D eigenvalue weighted by Gasteiger charge is 2.36. The van der Waals surface area contributed by atoms with E-state index >= 15 is 0 Å². The van der Waals surface area contributed by atoms with Crippen LogP contribution in [0.15, 0.2) is 30.5 Å². The highest BCUT2D eigenvalue weighted by molar-refractivity contribution is 7.85. The lowest BCUT2D eigenvalue weighted by Gasteiger charge is -2.38. The highest BCUT2D eigenvalue weighted by atomic mass is 35.5. The third-order valence-electron chi connectivity index (χ3n) is 6.71. The molecular weight excluding hydrogens is 546 g/mol. The van der Waals surface area contributed by atoms with Gasteiger partial charge in [-0.3, -0.25) is 9.17 Å². The second-order valence-electron chi connectivity index (χ2n) is 10.9. The summed E-state index contributed by atoms with van der Waals surface area (Å²) < 4.78 is 34.6. The lowest BCUT2D eigenvalue weighted by molar-refractivity contribution is 0.0292. The fraction of sp³-hybridized carbons (Fsp3) is 0.481. The molecule has 8 nitrogen and oxygen atoms in total. The average molecular weight is 578 g/mol. The summed E-state index contributed by atoms with van der Waals surface area (Å²) in [5.41, 5.74) is 4.61. The molecule has 0 saturated carbocycles. The SMILES string of the molecule is CC(C)(C)OC(=O)N1CC[C@H](N2CCCc3cc(Cl)cc(-c4ccnc5cc(COS(C)(=O)=O)sc45)c32)C1. The van der Waals surface area contributed by atoms with E-state index < -0.39 is 15.7 Å². The number of carbonyl (C=O) groups is 1. The third-order valence-corrected chi connectivity index (χ3v) is 8.61. The standard InChI is InChI=1S/C27H32ClN3O5S2/c1-27(2,3)36-26(32)30-11-8-19(15-30)31-10-5-6-17-12-18(28)13-22(24(17)31)21-7-9-29-23-14-20(37-25(21)23)16-35-38(4,33)34/h7,9,12-14,19H,5-6,8,10-11,15-16H2,1-4H3/t19-/m0/s1. The highest BCUT2D eigenvalue weighted by Crippen LogP contribution is 2.45. The molecule has 1 atom stereocenters. The predicted molar refractivity (Wildman–Crippen MR) is 152 cm³/mol. The summed E-state index contributed by atoms with van der Waals surface area (Å²) in [5.74, 6) is 0. The van der Waals surface area contributed by atoms with Gasteiger partial charge in [-0.15, -0.1) is 11.3 Å². The van der Waals surface area contributed by atoms with Crippen LogP contribution >= 0.6 is 22.9 Å². The molecule has 2 aliphatic rings. The minimum absolute atomic E-state index is 0.0261. The maximum Gasteiger partial charge on any atom is 0.410 e. The van der Waals surface area contributed by atoms with Gasteiger partial charge >= 0.3 is 6.09 Å². The predicted octanol–water partition coefficient (Wildman–Crippen LogP) is 5.85. The van der Waals surface area contributed by atoms with Crippen LogP contribution in [0.5, 0.6) is 0 Å². The van der Waals surface area contributed by atoms with Crippen molar-refractivity contribution in [1.82, 2.24) is 9.88 Å². The lowest BCUT2D eigenvalue weighted by atomic mass is 9.92. The molecule has 0 aliphatic carbocycles. The van der Waals surface area contributed by atoms with Crippen molar-refractivity contribution in [2.45, 2.75) is 58.3 Å². The number of hydrogen-bond acceptors (Lipinski definition) is 8. The van der Waals surface area contributed by atoms with Gasteiger partial charge in [0, 0.05) is 58.6 Å². The Hall–Kier alpha value is -2.40. The van der Waals surface area contributed by atoms with Gasteiger partial charge in [-0.1, -0.05) is 11.6 Å². The molecule has 1 fully saturated rings. The fourth-order valence-electron chi connectivity index (χ4n) is 5.23. The Bertz CT molecular complexity index is 1480. The number of halogens is 1. The van der Waals surface area contributed by atoms with E-state index in [9.17, 15) is 13.2 Å². The quantitative estimate of drug-likeness (QED) is 0.351. The first-order chi connectivity index (χ1) is 17.9. The smallest absolute Gasteiger partial charge is 0.410 e. The number of rotatable bonds is 5. The largest absolute Gasteiger partial charge is 0.444 e. The molecule has 2 aliphatic heterocycles. The molecule has 1 saturated heterocycles. The summed E-state index contributed by atoms with van der Waals surface area (Å²) in [6.07, 6.45) is 5.34. The first-order valence-electron chi connectivity index (χ1n) is 12.7. The molecule has 0 radical (unpaired) electrons. The van der Waals surface area contributed by atoms with E-state index in [-0.39, 0.29) is 18.7 Å². The molecule has 1 aromatic carbocycles. The van der Waals surface area contributed by atoms with Crippen LogP contribution < -0.4 is 4.90 Å². The number of aromatic nitrogens is 1. The van der Waals surface area contributed by atoms with Crippen LogP contribution in [0.3, 0.4) is 0 Å². The van der Waals surface area contributed by atoms with Crippen LogP contribution in [0.4, 0.5) is 10.5 Å². The van der Waals surface area contributed by atoms with Gasteiger partial charge in [0.1, 0.15) is 12.2 Å². The monoisotopic (exact) mass is 577 g/mol. The molecule has 38 heavy (non-hydrogen) atoms. The number of hydrogen-bond donors (Lipinski definition) is 0. The van der Waals surface area contributed by atoms with Gasteiger partial charge in [0.15, 0.2) is 0 Å². The van der Waals surface area contributed by atoms with Crippen LogP contribution in [0, 0.1) is 0 Å². The van der Waals surface area contributed by atoms with E-state index in [0.29, 0.717) is 18.1 Å². The number of benzene rings is 1. The fourth-order valence-corrected chi connectivity index (χ4v) is 6.94. The Morgan fingerprint density at radius 1 is 1.21 bits per heavy atom. The number of pyridine rings is 1. The molecule has 5 rings (SSSR count). The Labute approximate surface area is 232 Å². The topological polar surface area (TPSA) is 89.0 Å². The third kappa shape index (κ3) is 5.93. The average Bonchev–Trinajstić information content (AvgIpc) is 3.47. The molecule has 4 heterocycles. The molecule has 0 bridgehead atoms. The Kier molecular flexibility index (Phi) is 7.36. The molecule has 2 aromatic heterocycles. The van der Waals surface area contributed by atoms with Crippen molar-refractivity contribution < 1.29 is 22.1 Å². The molecule has 0 spiro atoms. The van der Waals surface area contributed by atoms with Crippen LogP contribution in [0.2, 0.25) is 5.02 Å². The minimum Gasteiger partial charge on any atom is -0.444 e. The number of thiophene rings is 1. The van der Waals surface area contributed by atoms with Gasteiger partial charge in [-0.2, -0.15) is 8.42 Å². The van der Waals surface area contributed by atoms with Gasteiger partial charge < -0.3 is 14.5 Å². The molecular formula is C27H32ClN3O5S2. The Balaban J connectivity index is 1.51. The van der Waals surface area contributed by atoms with Crippen LogP contribution in [-0.4, -0.2) is 61.9 Å². The van der Waals surface area contributed by atoms with Crippen molar-refractivity contribution in [3.8, 4) is 11.1 Å². The van der Waals surface area contributed by atoms with E-state index in [0.717, 1.165) is 64.0 Å². The number of likely N-dealkylation sites (tertiary alicyclic amines) is 1. The van der Waals surface area contributed by atoms with Crippen LogP contribution in [-0.2, 0) is 32.1 Å². The molecule has 3 aromatic rings. The number of ether oxygens (including phenoxy) is 1. The Morgan fingerprint density at radius 2 is 2.00 bits per heavy atom. The van der Waals surface area contributed by atoms with E-state index in [1.54, 1.807) is 11.1 Å². The lowest BCUT2D eigenvalue weighted by Crippen LogP contribution is -2.43. The van der Waals surface area contributed by atoms with Gasteiger partial charge in [0.05, 0.1) is 16.5 Å². The number of amides is 1. The summed E-state index contributed by atoms with van der Waals surface area (Å²) in [6, 6.07) is 8.08. The van der Waals surface area contributed by atoms with E-state index in [1.807, 2.05) is 45.0 Å². The van der Waals surface area contributed by atoms with E-state index in [1.165, 1.54) is 16.9 Å². The van der Waals surface area contributed by atoms with Crippen molar-refractivity contribution in [2.75, 3.05) is 30.8 Å². The zero-order chi connectivity index (χ0) is 27.2. The number of aryl methyl sites for hydroxylation is 1. The normalized spacial score (nSPS) is 18.2. The van der Waals surface area contributed by atoms with Gasteiger partial charge in [0.25, 0.3) is 10.1 Å². The minimum atomic E-state index is -3.55. The zero-order valence-electron chi connectivity index (χ0n) is 22.0. The van der Waals surface area contributed by atoms with Gasteiger partial charge in [-0.25, -0.2) is 4.79 Å².